The number of Topliss-reactive ketones (excluding diaryl/α,β-unsaturated/α-hetero) is 1. The number of phenols is 2. The molecule has 3 aliphatic carbocycles. The van der Waals surface area contributed by atoms with Crippen LogP contribution in [0.25, 0.3) is 22.3 Å². The second-order valence-corrected chi connectivity index (χ2v) is 19.2. The van der Waals surface area contributed by atoms with Crippen molar-refractivity contribution < 1.29 is 34.0 Å². The lowest BCUT2D eigenvalue weighted by atomic mass is 9.81. The van der Waals surface area contributed by atoms with Gasteiger partial charge in [-0.05, 0) is 176 Å². The third kappa shape index (κ3) is 9.88. The van der Waals surface area contributed by atoms with Gasteiger partial charge in [0.15, 0.2) is 5.78 Å². The van der Waals surface area contributed by atoms with Crippen molar-refractivity contribution in [3.63, 3.8) is 0 Å². The van der Waals surface area contributed by atoms with E-state index in [-0.39, 0.29) is 41.0 Å². The zero-order valence-corrected chi connectivity index (χ0v) is 43.5. The minimum Gasteiger partial charge on any atom is -0.508 e. The number of hydrogen-bond donors (Lipinski definition) is 2. The highest BCUT2D eigenvalue weighted by Gasteiger charge is 2.42. The van der Waals surface area contributed by atoms with Gasteiger partial charge in [-0.2, -0.15) is 0 Å². The highest BCUT2D eigenvalue weighted by molar-refractivity contribution is 6.07. The van der Waals surface area contributed by atoms with E-state index in [1.165, 1.54) is 55.7 Å². The molecule has 2 N–H and O–H groups in total. The third-order valence-electron chi connectivity index (χ3n) is 15.1. The lowest BCUT2D eigenvalue weighted by Crippen LogP contribution is -2.13. The number of carbonyl (C=O) groups is 1. The maximum Gasteiger partial charge on any atom is 0.171 e. The second kappa shape index (κ2) is 22.2. The summed E-state index contributed by atoms with van der Waals surface area (Å²) < 4.78 is 21.5. The first-order chi connectivity index (χ1) is 37.1. The standard InChI is InChI=1S/C24H22O2.C23H20O3.C22H18O2/c1-16-21-14-13-20(26-3)15-22(21)24(17-7-5-4-6-8-17)23(16)18-9-11-19(25-2)12-10-18;1-25-17-10-8-16(9-11-17)22-21(15-6-4-3-5-7-15)20-14-18(26-2)12-13-19(20)23(22)24;1-14-19-12-11-18(24)13-20(19)22(15-5-3-2-4-6-15)21(14)16-7-9-17(23)10-8-16/h4-15,24H,1-3H3;3-14,21-22H,1-2H3;2-13,22-24H,1H3. The van der Waals surface area contributed by atoms with E-state index in [2.05, 4.69) is 92.7 Å². The second-order valence-electron chi connectivity index (χ2n) is 19.2. The van der Waals surface area contributed by atoms with Gasteiger partial charge in [-0.1, -0.05) is 140 Å². The van der Waals surface area contributed by atoms with Crippen molar-refractivity contribution in [1.82, 2.24) is 0 Å². The van der Waals surface area contributed by atoms with Crippen LogP contribution >= 0.6 is 0 Å². The van der Waals surface area contributed by atoms with Crippen LogP contribution in [0.15, 0.2) is 218 Å². The Morgan fingerprint density at radius 2 is 0.711 bits per heavy atom. The summed E-state index contributed by atoms with van der Waals surface area (Å²) in [5, 5.41) is 19.6. The number of methoxy groups -OCH3 is 4. The van der Waals surface area contributed by atoms with E-state index in [0.29, 0.717) is 0 Å². The first-order valence-corrected chi connectivity index (χ1v) is 25.5. The number of aromatic hydroxyl groups is 2. The predicted molar refractivity (Wildman–Crippen MR) is 305 cm³/mol. The molecule has 3 aliphatic rings. The molecular formula is C69H60O7. The molecule has 0 bridgehead atoms. The largest absolute Gasteiger partial charge is 0.508 e. The molecule has 0 saturated carbocycles. The van der Waals surface area contributed by atoms with Crippen molar-refractivity contribution in [2.75, 3.05) is 28.4 Å². The molecule has 0 radical (unpaired) electrons. The van der Waals surface area contributed by atoms with Gasteiger partial charge in [0, 0.05) is 23.3 Å². The normalized spacial score (nSPS) is 16.8. The average Bonchev–Trinajstić information content (AvgIpc) is 4.07. The van der Waals surface area contributed by atoms with Gasteiger partial charge in [-0.3, -0.25) is 4.79 Å². The van der Waals surface area contributed by atoms with Crippen molar-refractivity contribution in [1.29, 1.82) is 0 Å². The monoisotopic (exact) mass is 1000 g/mol. The molecule has 7 heteroatoms. The van der Waals surface area contributed by atoms with E-state index in [0.717, 1.165) is 56.4 Å². The molecule has 0 aliphatic heterocycles. The van der Waals surface area contributed by atoms with E-state index in [9.17, 15) is 15.0 Å². The van der Waals surface area contributed by atoms with Crippen LogP contribution in [-0.4, -0.2) is 44.4 Å². The number of benzene rings is 9. The fraction of sp³-hybridized carbons (Fsp3) is 0.145. The first-order valence-electron chi connectivity index (χ1n) is 25.5. The number of carbonyl (C=O) groups excluding carboxylic acids is 1. The Balaban J connectivity index is 0.000000130. The SMILES string of the molecule is CC1=C(c2ccc(O)cc2)C(c2ccccc2)c2cc(O)ccc21.COc1ccc(C2=C(C)c3ccc(OC)cc3C2c2ccccc2)cc1.COc1ccc(C2C(=O)c3ccc(OC)cc3C2c2ccccc2)cc1. The van der Waals surface area contributed by atoms with E-state index in [1.807, 2.05) is 121 Å². The summed E-state index contributed by atoms with van der Waals surface area (Å²) in [6.45, 7) is 4.34. The van der Waals surface area contributed by atoms with Crippen LogP contribution < -0.4 is 18.9 Å². The molecule has 4 unspecified atom stereocenters. The topological polar surface area (TPSA) is 94.5 Å². The van der Waals surface area contributed by atoms with E-state index < -0.39 is 0 Å². The Bertz CT molecular complexity index is 3560. The van der Waals surface area contributed by atoms with Gasteiger partial charge < -0.3 is 29.2 Å². The fourth-order valence-electron chi connectivity index (χ4n) is 11.4. The average molecular weight is 1000 g/mol. The highest BCUT2D eigenvalue weighted by Crippen LogP contribution is 2.53. The lowest BCUT2D eigenvalue weighted by Gasteiger charge is -2.21. The molecule has 76 heavy (non-hydrogen) atoms. The molecule has 0 heterocycles. The van der Waals surface area contributed by atoms with Crippen LogP contribution in [0.1, 0.15) is 109 Å². The Morgan fingerprint density at radius 1 is 0.342 bits per heavy atom. The molecule has 0 spiro atoms. The fourth-order valence-corrected chi connectivity index (χ4v) is 11.4. The molecule has 9 aromatic carbocycles. The maximum absolute atomic E-state index is 13.3. The van der Waals surface area contributed by atoms with Gasteiger partial charge in [0.1, 0.15) is 34.5 Å². The number of rotatable bonds is 10. The lowest BCUT2D eigenvalue weighted by molar-refractivity contribution is 0.0968. The Morgan fingerprint density at radius 3 is 1.20 bits per heavy atom. The quantitative estimate of drug-likeness (QED) is 0.141. The molecule has 0 fully saturated rings. The van der Waals surface area contributed by atoms with Gasteiger partial charge in [-0.25, -0.2) is 0 Å². The number of ether oxygens (including phenoxy) is 4. The third-order valence-corrected chi connectivity index (χ3v) is 15.1. The van der Waals surface area contributed by atoms with Crippen LogP contribution in [-0.2, 0) is 0 Å². The minimum atomic E-state index is -0.245. The molecule has 9 aromatic rings. The Kier molecular flexibility index (Phi) is 14.7. The predicted octanol–water partition coefficient (Wildman–Crippen LogP) is 15.8. The summed E-state index contributed by atoms with van der Waals surface area (Å²) in [7, 11) is 6.71. The zero-order chi connectivity index (χ0) is 52.9. The van der Waals surface area contributed by atoms with Crippen LogP contribution in [0.4, 0.5) is 0 Å². The summed E-state index contributed by atoms with van der Waals surface area (Å²) >= 11 is 0. The molecule has 0 aromatic heterocycles. The summed E-state index contributed by atoms with van der Waals surface area (Å²) in [4.78, 5) is 13.3. The van der Waals surface area contributed by atoms with E-state index >= 15 is 0 Å². The molecule has 0 saturated heterocycles. The molecule has 7 nitrogen and oxygen atoms in total. The summed E-state index contributed by atoms with van der Waals surface area (Å²) in [6.07, 6.45) is 0. The van der Waals surface area contributed by atoms with Gasteiger partial charge in [0.05, 0.1) is 34.4 Å². The van der Waals surface area contributed by atoms with Crippen molar-refractivity contribution in [3.05, 3.63) is 285 Å². The number of hydrogen-bond acceptors (Lipinski definition) is 7. The summed E-state index contributed by atoms with van der Waals surface area (Å²) in [6, 6.07) is 72.5. The number of ketones is 1. The number of phenolic OH excluding ortho intramolecular Hbond substituents is 2. The molecule has 4 atom stereocenters. The zero-order valence-electron chi connectivity index (χ0n) is 43.5. The van der Waals surface area contributed by atoms with E-state index in [1.54, 1.807) is 46.6 Å². The van der Waals surface area contributed by atoms with Crippen LogP contribution in [0, 0.1) is 0 Å². The smallest absolute Gasteiger partial charge is 0.171 e. The molecule has 378 valence electrons. The van der Waals surface area contributed by atoms with Crippen molar-refractivity contribution in [2.24, 2.45) is 0 Å². The number of allylic oxidation sites excluding steroid dienone is 4. The van der Waals surface area contributed by atoms with Gasteiger partial charge >= 0.3 is 0 Å². The summed E-state index contributed by atoms with van der Waals surface area (Å²) in [5.41, 5.74) is 18.8. The van der Waals surface area contributed by atoms with Crippen molar-refractivity contribution >= 4 is 28.1 Å². The van der Waals surface area contributed by atoms with Crippen LogP contribution in [0.5, 0.6) is 34.5 Å². The molecule has 0 amide bonds. The van der Waals surface area contributed by atoms with Gasteiger partial charge in [0.25, 0.3) is 0 Å². The van der Waals surface area contributed by atoms with E-state index in [4.69, 9.17) is 18.9 Å². The van der Waals surface area contributed by atoms with Crippen molar-refractivity contribution in [2.45, 2.75) is 37.5 Å². The van der Waals surface area contributed by atoms with Crippen molar-refractivity contribution in [3.8, 4) is 34.5 Å². The maximum atomic E-state index is 13.3. The van der Waals surface area contributed by atoms with Crippen LogP contribution in [0.2, 0.25) is 0 Å². The molecular weight excluding hydrogens is 941 g/mol. The first kappa shape index (κ1) is 50.5. The highest BCUT2D eigenvalue weighted by atomic mass is 16.5. The number of fused-ring (bicyclic) bond motifs is 3. The van der Waals surface area contributed by atoms with Crippen LogP contribution in [0.3, 0.4) is 0 Å². The summed E-state index contributed by atoms with van der Waals surface area (Å²) in [5.74, 6) is 4.05. The van der Waals surface area contributed by atoms with Gasteiger partial charge in [-0.15, -0.1) is 0 Å². The Hall–Kier alpha value is -9.07. The van der Waals surface area contributed by atoms with Gasteiger partial charge in [0.2, 0.25) is 0 Å². The Labute approximate surface area is 445 Å². The molecule has 12 rings (SSSR count). The minimum absolute atomic E-state index is 0.0257.